The number of nitrogens with one attached hydrogen (secondary N) is 3. The Bertz CT molecular complexity index is 908. The van der Waals surface area contributed by atoms with Gasteiger partial charge in [0.25, 0.3) is 11.8 Å². The van der Waals surface area contributed by atoms with Gasteiger partial charge in [-0.3, -0.25) is 14.4 Å². The summed E-state index contributed by atoms with van der Waals surface area (Å²) in [7, 11) is 0. The fraction of sp³-hybridized carbons (Fsp3) is 0.318. The van der Waals surface area contributed by atoms with Crippen molar-refractivity contribution in [3.05, 3.63) is 65.5 Å². The monoisotopic (exact) mass is 397 g/mol. The zero-order chi connectivity index (χ0) is 21.0. The van der Waals surface area contributed by atoms with Crippen LogP contribution in [0.4, 0.5) is 10.1 Å². The van der Waals surface area contributed by atoms with Crippen LogP contribution in [0, 0.1) is 11.7 Å². The Morgan fingerprint density at radius 1 is 0.966 bits per heavy atom. The minimum Gasteiger partial charge on any atom is -0.349 e. The molecule has 2 aromatic carbocycles. The molecule has 29 heavy (non-hydrogen) atoms. The van der Waals surface area contributed by atoms with Crippen LogP contribution in [0.15, 0.2) is 48.5 Å². The van der Waals surface area contributed by atoms with Crippen LogP contribution in [-0.2, 0) is 4.79 Å². The average Bonchev–Trinajstić information content (AvgIpc) is 3.50. The second-order valence-corrected chi connectivity index (χ2v) is 7.52. The fourth-order valence-corrected chi connectivity index (χ4v) is 2.82. The van der Waals surface area contributed by atoms with E-state index in [2.05, 4.69) is 16.0 Å². The molecule has 1 saturated carbocycles. The average molecular weight is 397 g/mol. The van der Waals surface area contributed by atoms with E-state index in [1.165, 1.54) is 24.3 Å². The quantitative estimate of drug-likeness (QED) is 0.671. The number of hydrogen-bond donors (Lipinski definition) is 3. The third-order valence-corrected chi connectivity index (χ3v) is 4.65. The number of halogens is 1. The van der Waals surface area contributed by atoms with Gasteiger partial charge in [-0.1, -0.05) is 19.9 Å². The maximum Gasteiger partial charge on any atom is 0.251 e. The molecule has 3 N–H and O–H groups in total. The van der Waals surface area contributed by atoms with Crippen molar-refractivity contribution in [2.45, 2.75) is 38.8 Å². The van der Waals surface area contributed by atoms with Gasteiger partial charge in [-0.2, -0.15) is 0 Å². The summed E-state index contributed by atoms with van der Waals surface area (Å²) < 4.78 is 13.0. The topological polar surface area (TPSA) is 87.3 Å². The maximum atomic E-state index is 13.0. The van der Waals surface area contributed by atoms with E-state index in [1.807, 2.05) is 13.8 Å². The van der Waals surface area contributed by atoms with Gasteiger partial charge < -0.3 is 16.0 Å². The lowest BCUT2D eigenvalue weighted by Crippen LogP contribution is -2.47. The first-order valence-corrected chi connectivity index (χ1v) is 9.61. The smallest absolute Gasteiger partial charge is 0.251 e. The van der Waals surface area contributed by atoms with Gasteiger partial charge in [0.15, 0.2) is 0 Å². The van der Waals surface area contributed by atoms with E-state index in [-0.39, 0.29) is 23.4 Å². The third-order valence-electron chi connectivity index (χ3n) is 4.65. The Morgan fingerprint density at radius 2 is 1.66 bits per heavy atom. The molecule has 1 aliphatic carbocycles. The van der Waals surface area contributed by atoms with Crippen molar-refractivity contribution in [1.29, 1.82) is 0 Å². The SMILES string of the molecule is CC(C)C(NC(=O)c1ccc(F)cc1)C(=O)Nc1cccc(C(=O)NC2CC2)c1. The molecule has 6 nitrogen and oxygen atoms in total. The molecule has 0 saturated heterocycles. The Labute approximate surface area is 168 Å². The van der Waals surface area contributed by atoms with Crippen molar-refractivity contribution in [2.75, 3.05) is 5.32 Å². The molecule has 0 spiro atoms. The van der Waals surface area contributed by atoms with Gasteiger partial charge in [-0.05, 0) is 61.2 Å². The fourth-order valence-electron chi connectivity index (χ4n) is 2.82. The van der Waals surface area contributed by atoms with Crippen LogP contribution in [0.3, 0.4) is 0 Å². The van der Waals surface area contributed by atoms with Crippen LogP contribution in [0.1, 0.15) is 47.4 Å². The Balaban J connectivity index is 1.67. The summed E-state index contributed by atoms with van der Waals surface area (Å²) in [5, 5.41) is 8.36. The Morgan fingerprint density at radius 3 is 2.28 bits per heavy atom. The summed E-state index contributed by atoms with van der Waals surface area (Å²) in [6.45, 7) is 3.63. The summed E-state index contributed by atoms with van der Waals surface area (Å²) in [6.07, 6.45) is 1.98. The predicted octanol–water partition coefficient (Wildman–Crippen LogP) is 3.11. The zero-order valence-electron chi connectivity index (χ0n) is 16.4. The molecule has 152 valence electrons. The van der Waals surface area contributed by atoms with Gasteiger partial charge in [0.2, 0.25) is 5.91 Å². The molecule has 3 amide bonds. The van der Waals surface area contributed by atoms with E-state index in [9.17, 15) is 18.8 Å². The normalized spacial score (nSPS) is 14.2. The van der Waals surface area contributed by atoms with Crippen molar-refractivity contribution >= 4 is 23.4 Å². The highest BCUT2D eigenvalue weighted by molar-refractivity contribution is 6.02. The number of carbonyl (C=O) groups is 3. The van der Waals surface area contributed by atoms with Gasteiger partial charge in [0, 0.05) is 22.9 Å². The van der Waals surface area contributed by atoms with Crippen molar-refractivity contribution in [2.24, 2.45) is 5.92 Å². The van der Waals surface area contributed by atoms with Crippen LogP contribution in [0.25, 0.3) is 0 Å². The summed E-state index contributed by atoms with van der Waals surface area (Å²) in [4.78, 5) is 37.4. The minimum absolute atomic E-state index is 0.173. The van der Waals surface area contributed by atoms with E-state index in [0.29, 0.717) is 11.3 Å². The van der Waals surface area contributed by atoms with E-state index in [4.69, 9.17) is 0 Å². The zero-order valence-corrected chi connectivity index (χ0v) is 16.4. The molecule has 1 fully saturated rings. The third kappa shape index (κ3) is 5.63. The van der Waals surface area contributed by atoms with Crippen molar-refractivity contribution in [3.63, 3.8) is 0 Å². The maximum absolute atomic E-state index is 13.0. The highest BCUT2D eigenvalue weighted by Crippen LogP contribution is 2.20. The first-order chi connectivity index (χ1) is 13.8. The Kier molecular flexibility index (Phi) is 6.26. The number of hydrogen-bond acceptors (Lipinski definition) is 3. The highest BCUT2D eigenvalue weighted by Gasteiger charge is 2.26. The van der Waals surface area contributed by atoms with E-state index >= 15 is 0 Å². The Hall–Kier alpha value is -3.22. The molecule has 0 aliphatic heterocycles. The van der Waals surface area contributed by atoms with Crippen molar-refractivity contribution < 1.29 is 18.8 Å². The van der Waals surface area contributed by atoms with Gasteiger partial charge in [-0.25, -0.2) is 4.39 Å². The van der Waals surface area contributed by atoms with Crippen molar-refractivity contribution in [1.82, 2.24) is 10.6 Å². The molecule has 7 heteroatoms. The lowest BCUT2D eigenvalue weighted by Gasteiger charge is -2.22. The summed E-state index contributed by atoms with van der Waals surface area (Å²) >= 11 is 0. The van der Waals surface area contributed by atoms with Gasteiger partial charge in [0.05, 0.1) is 0 Å². The molecular weight excluding hydrogens is 373 g/mol. The number of benzene rings is 2. The minimum atomic E-state index is -0.795. The summed E-state index contributed by atoms with van der Waals surface area (Å²) in [5.74, 6) is -1.65. The number of anilines is 1. The van der Waals surface area contributed by atoms with E-state index < -0.39 is 23.7 Å². The van der Waals surface area contributed by atoms with Gasteiger partial charge in [0.1, 0.15) is 11.9 Å². The van der Waals surface area contributed by atoms with Crippen LogP contribution in [0.5, 0.6) is 0 Å². The molecular formula is C22H24FN3O3. The molecule has 1 aliphatic rings. The van der Waals surface area contributed by atoms with E-state index in [0.717, 1.165) is 12.8 Å². The number of rotatable bonds is 7. The number of carbonyl (C=O) groups excluding carboxylic acids is 3. The van der Waals surface area contributed by atoms with Gasteiger partial charge >= 0.3 is 0 Å². The second kappa shape index (κ2) is 8.86. The molecule has 3 rings (SSSR count). The van der Waals surface area contributed by atoms with E-state index in [1.54, 1.807) is 24.3 Å². The molecule has 1 atom stereocenters. The summed E-state index contributed by atoms with van der Waals surface area (Å²) in [6, 6.07) is 11.2. The van der Waals surface area contributed by atoms with Crippen LogP contribution in [0.2, 0.25) is 0 Å². The highest BCUT2D eigenvalue weighted by atomic mass is 19.1. The lowest BCUT2D eigenvalue weighted by atomic mass is 10.0. The molecule has 2 aromatic rings. The lowest BCUT2D eigenvalue weighted by molar-refractivity contribution is -0.118. The molecule has 0 bridgehead atoms. The van der Waals surface area contributed by atoms with Crippen LogP contribution >= 0.6 is 0 Å². The molecule has 0 aromatic heterocycles. The van der Waals surface area contributed by atoms with Crippen LogP contribution in [-0.4, -0.2) is 29.8 Å². The van der Waals surface area contributed by atoms with Gasteiger partial charge in [-0.15, -0.1) is 0 Å². The predicted molar refractivity (Wildman–Crippen MR) is 108 cm³/mol. The van der Waals surface area contributed by atoms with Crippen LogP contribution < -0.4 is 16.0 Å². The standard InChI is InChI=1S/C22H24FN3O3/c1-13(2)19(26-20(27)14-6-8-16(23)9-7-14)22(29)25-18-5-3-4-15(12-18)21(28)24-17-10-11-17/h3-9,12-13,17,19H,10-11H2,1-2H3,(H,24,28)(H,25,29)(H,26,27). The van der Waals surface area contributed by atoms with Crippen molar-refractivity contribution in [3.8, 4) is 0 Å². The molecule has 0 heterocycles. The number of amides is 3. The first kappa shape index (κ1) is 20.5. The molecule has 0 radical (unpaired) electrons. The summed E-state index contributed by atoms with van der Waals surface area (Å²) in [5.41, 5.74) is 1.20. The largest absolute Gasteiger partial charge is 0.349 e. The first-order valence-electron chi connectivity index (χ1n) is 9.61. The second-order valence-electron chi connectivity index (χ2n) is 7.52. The molecule has 1 unspecified atom stereocenters.